The average Bonchev–Trinajstić information content (AvgIpc) is 2.83. The fourth-order valence-corrected chi connectivity index (χ4v) is 4.22. The van der Waals surface area contributed by atoms with Gasteiger partial charge in [-0.25, -0.2) is 9.10 Å². The Bertz CT molecular complexity index is 399. The van der Waals surface area contributed by atoms with E-state index in [1.165, 1.54) is 16.1 Å². The summed E-state index contributed by atoms with van der Waals surface area (Å²) in [6.45, 7) is 0.252. The predicted molar refractivity (Wildman–Crippen MR) is 82.4 cm³/mol. The van der Waals surface area contributed by atoms with Gasteiger partial charge in [0.05, 0.1) is 25.3 Å². The maximum absolute atomic E-state index is 11.7. The number of nitrogens with zero attached hydrogens (tertiary/aromatic N) is 3. The Morgan fingerprint density at radius 2 is 2.00 bits per heavy atom. The van der Waals surface area contributed by atoms with Crippen LogP contribution >= 0.6 is 30.5 Å². The molecule has 0 aromatic carbocycles. The van der Waals surface area contributed by atoms with E-state index in [4.69, 9.17) is 25.7 Å². The molecule has 110 valence electrons. The first-order chi connectivity index (χ1) is 8.89. The van der Waals surface area contributed by atoms with Crippen LogP contribution in [0.2, 0.25) is 0 Å². The summed E-state index contributed by atoms with van der Waals surface area (Å²) in [4.78, 5) is 16.4. The van der Waals surface area contributed by atoms with Gasteiger partial charge in [0.1, 0.15) is 5.04 Å². The van der Waals surface area contributed by atoms with E-state index in [2.05, 4.69) is 5.16 Å². The van der Waals surface area contributed by atoms with Crippen LogP contribution in [0.25, 0.3) is 0 Å². The summed E-state index contributed by atoms with van der Waals surface area (Å²) in [5.41, 5.74) is 0. The third kappa shape index (κ3) is 5.22. The van der Waals surface area contributed by atoms with Crippen molar-refractivity contribution in [1.82, 2.24) is 8.38 Å². The van der Waals surface area contributed by atoms with Crippen LogP contribution in [0.1, 0.15) is 6.92 Å². The summed E-state index contributed by atoms with van der Waals surface area (Å²) in [7, 11) is 3.28. The summed E-state index contributed by atoms with van der Waals surface area (Å²) < 4.78 is 13.7. The lowest BCUT2D eigenvalue weighted by Gasteiger charge is -2.26. The van der Waals surface area contributed by atoms with Crippen molar-refractivity contribution in [3.8, 4) is 0 Å². The van der Waals surface area contributed by atoms with Crippen molar-refractivity contribution in [3.63, 3.8) is 0 Å². The van der Waals surface area contributed by atoms with Gasteiger partial charge in [0.25, 0.3) is 6.64 Å². The van der Waals surface area contributed by atoms with E-state index in [1.54, 1.807) is 25.1 Å². The lowest BCUT2D eigenvalue weighted by Crippen LogP contribution is -2.24. The number of hydrogen-bond donors (Lipinski definition) is 0. The average molecular weight is 345 g/mol. The highest BCUT2D eigenvalue weighted by molar-refractivity contribution is 8.15. The van der Waals surface area contributed by atoms with E-state index in [0.29, 0.717) is 18.3 Å². The zero-order valence-corrected chi connectivity index (χ0v) is 14.4. The Morgan fingerprint density at radius 1 is 1.42 bits per heavy atom. The molecule has 0 radical (unpaired) electrons. The first kappa shape index (κ1) is 17.2. The topological polar surface area (TPSA) is 63.6 Å². The Labute approximate surface area is 126 Å². The highest BCUT2D eigenvalue weighted by Gasteiger charge is 2.32. The molecule has 1 heterocycles. The number of rotatable bonds is 4. The number of oxime groups is 1. The van der Waals surface area contributed by atoms with Crippen LogP contribution in [0.4, 0.5) is 4.79 Å². The van der Waals surface area contributed by atoms with Crippen LogP contribution in [0, 0.1) is 0 Å². The summed E-state index contributed by atoms with van der Waals surface area (Å²) in [5, 5.41) is 4.32. The summed E-state index contributed by atoms with van der Waals surface area (Å²) in [5.74, 6) is 0. The molecule has 7 nitrogen and oxygen atoms in total. The van der Waals surface area contributed by atoms with Crippen LogP contribution in [-0.4, -0.2) is 53.1 Å². The van der Waals surface area contributed by atoms with Gasteiger partial charge in [0.2, 0.25) is 0 Å². The van der Waals surface area contributed by atoms with Gasteiger partial charge in [-0.05, 0) is 25.0 Å². The van der Waals surface area contributed by atoms with E-state index in [0.717, 1.165) is 12.1 Å². The van der Waals surface area contributed by atoms with Crippen molar-refractivity contribution in [1.29, 1.82) is 0 Å². The molecule has 0 unspecified atom stereocenters. The molecule has 1 aliphatic rings. The van der Waals surface area contributed by atoms with Crippen LogP contribution in [-0.2, 0) is 25.7 Å². The largest absolute Gasteiger partial charge is 0.446 e. The van der Waals surface area contributed by atoms with Gasteiger partial charge in [-0.15, -0.1) is 11.8 Å². The van der Waals surface area contributed by atoms with Gasteiger partial charge in [-0.2, -0.15) is 4.08 Å². The van der Waals surface area contributed by atoms with E-state index in [9.17, 15) is 4.79 Å². The van der Waals surface area contributed by atoms with Crippen LogP contribution in [0.5, 0.6) is 0 Å². The second-order valence-corrected chi connectivity index (χ2v) is 9.32. The highest BCUT2D eigenvalue weighted by Crippen LogP contribution is 2.57. The first-order valence-corrected chi connectivity index (χ1v) is 9.78. The van der Waals surface area contributed by atoms with Crippen molar-refractivity contribution < 1.29 is 18.7 Å². The van der Waals surface area contributed by atoms with Crippen LogP contribution in [0.15, 0.2) is 5.16 Å². The number of thioether (sulfide) groups is 1. The molecule has 1 amide bonds. The van der Waals surface area contributed by atoms with E-state index in [1.807, 2.05) is 6.26 Å². The minimum atomic E-state index is -2.46. The maximum atomic E-state index is 11.7. The molecule has 1 fully saturated rings. The van der Waals surface area contributed by atoms with Gasteiger partial charge in [-0.3, -0.25) is 4.84 Å². The quantitative estimate of drug-likeness (QED) is 0.192. The molecule has 11 heteroatoms. The molecule has 1 aliphatic heterocycles. The summed E-state index contributed by atoms with van der Waals surface area (Å²) in [6, 6.07) is 0. The number of carbonyl (C=O) groups excluding carboxylic acids is 1. The lowest BCUT2D eigenvalue weighted by atomic mass is 10.8. The second-order valence-electron chi connectivity index (χ2n) is 3.35. The van der Waals surface area contributed by atoms with Crippen molar-refractivity contribution in [2.75, 3.05) is 33.6 Å². The van der Waals surface area contributed by atoms with E-state index < -0.39 is 12.7 Å². The molecular formula is C8H16N3O4PS3. The Morgan fingerprint density at radius 3 is 2.53 bits per heavy atom. The molecule has 1 saturated heterocycles. The fraction of sp³-hybridized carbons (Fsp3) is 0.750. The number of hydrogen-bond acceptors (Lipinski definition) is 8. The number of amides is 1. The number of carbonyl (C=O) groups is 1. The Balaban J connectivity index is 2.47. The molecule has 0 spiro atoms. The van der Waals surface area contributed by atoms with E-state index >= 15 is 0 Å². The van der Waals surface area contributed by atoms with Gasteiger partial charge >= 0.3 is 6.09 Å². The minimum Gasteiger partial charge on any atom is -0.315 e. The lowest BCUT2D eigenvalue weighted by molar-refractivity contribution is 0.137. The molecule has 0 aliphatic carbocycles. The van der Waals surface area contributed by atoms with Crippen LogP contribution < -0.4 is 0 Å². The van der Waals surface area contributed by atoms with Gasteiger partial charge in [0.15, 0.2) is 0 Å². The molecule has 0 atom stereocenters. The standard InChI is InChI=1S/C8H16N3O4PS3/c1-7(18-4)9-15-8(12)10(2)19-11(3)16(17)13-5-6-14-16/h5-6H2,1-4H3. The summed E-state index contributed by atoms with van der Waals surface area (Å²) in [6.07, 6.45) is 1.25. The second kappa shape index (κ2) is 7.82. The monoisotopic (exact) mass is 345 g/mol. The normalized spacial score (nSPS) is 18.7. The molecule has 0 aromatic heterocycles. The highest BCUT2D eigenvalue weighted by atomic mass is 32.5. The van der Waals surface area contributed by atoms with Gasteiger partial charge in [-0.1, -0.05) is 5.16 Å². The SMILES string of the molecule is CSC(C)=NOC(=O)N(C)SN(C)P1(=S)OCCO1. The molecule has 0 N–H and O–H groups in total. The first-order valence-electron chi connectivity index (χ1n) is 5.24. The van der Waals surface area contributed by atoms with Crippen LogP contribution in [0.3, 0.4) is 0 Å². The molecule has 0 aromatic rings. The van der Waals surface area contributed by atoms with Crippen molar-refractivity contribution >= 4 is 53.5 Å². The zero-order valence-electron chi connectivity index (χ0n) is 11.1. The van der Waals surface area contributed by atoms with Crippen molar-refractivity contribution in [3.05, 3.63) is 0 Å². The fourth-order valence-electron chi connectivity index (χ4n) is 0.959. The summed E-state index contributed by atoms with van der Waals surface area (Å²) >= 11 is 7.75. The molecule has 0 saturated carbocycles. The molecule has 19 heavy (non-hydrogen) atoms. The minimum absolute atomic E-state index is 0.480. The Kier molecular flexibility index (Phi) is 7.09. The Hall–Kier alpha value is 0.170. The predicted octanol–water partition coefficient (Wildman–Crippen LogP) is 2.52. The molecular weight excluding hydrogens is 329 g/mol. The smallest absolute Gasteiger partial charge is 0.315 e. The van der Waals surface area contributed by atoms with E-state index in [-0.39, 0.29) is 0 Å². The van der Waals surface area contributed by atoms with Crippen molar-refractivity contribution in [2.45, 2.75) is 6.92 Å². The maximum Gasteiger partial charge on any atom is 0.446 e. The third-order valence-electron chi connectivity index (χ3n) is 1.98. The third-order valence-corrected chi connectivity index (χ3v) is 7.53. The van der Waals surface area contributed by atoms with Crippen molar-refractivity contribution in [2.24, 2.45) is 5.16 Å². The molecule has 0 bridgehead atoms. The van der Waals surface area contributed by atoms with Gasteiger partial charge in [0, 0.05) is 14.1 Å². The molecule has 1 rings (SSSR count). The van der Waals surface area contributed by atoms with Gasteiger partial charge < -0.3 is 9.05 Å². The zero-order chi connectivity index (χ0) is 14.5.